The zero-order chi connectivity index (χ0) is 30.9. The van der Waals surface area contributed by atoms with Crippen LogP contribution in [0.5, 0.6) is 0 Å². The highest BCUT2D eigenvalue weighted by molar-refractivity contribution is 5.70. The van der Waals surface area contributed by atoms with Crippen LogP contribution in [0.2, 0.25) is 0 Å². The molecule has 2 atom stereocenters. The van der Waals surface area contributed by atoms with Gasteiger partial charge in [-0.05, 0) is 144 Å². The average Bonchev–Trinajstić information content (AvgIpc) is 3.13. The summed E-state index contributed by atoms with van der Waals surface area (Å²) in [4.78, 5) is 25.1. The molecule has 2 saturated heterocycles. The molecule has 2 saturated carbocycles. The molecule has 2 heterocycles. The Labute approximate surface area is 256 Å². The summed E-state index contributed by atoms with van der Waals surface area (Å²) in [5.41, 5.74) is -0.120. The number of esters is 2. The second kappa shape index (κ2) is 12.6. The van der Waals surface area contributed by atoms with E-state index in [1.807, 2.05) is 0 Å². The molecule has 0 radical (unpaired) electrons. The maximum Gasteiger partial charge on any atom is 0.306 e. The summed E-state index contributed by atoms with van der Waals surface area (Å²) >= 11 is 0. The van der Waals surface area contributed by atoms with Crippen LogP contribution in [0, 0.1) is 11.8 Å². The highest BCUT2D eigenvalue weighted by Gasteiger charge is 2.55. The molecule has 4 N–H and O–H groups in total. The Morgan fingerprint density at radius 2 is 0.905 bits per heavy atom. The largest absolute Gasteiger partial charge is 0.466 e. The molecule has 0 aromatic heterocycles. The average molecular weight is 591 g/mol. The van der Waals surface area contributed by atoms with Crippen molar-refractivity contribution in [3.05, 3.63) is 0 Å². The molecule has 0 aromatic carbocycles. The summed E-state index contributed by atoms with van der Waals surface area (Å²) in [5.74, 6) is 0.576. The summed E-state index contributed by atoms with van der Waals surface area (Å²) in [6, 6.07) is 0. The zero-order valence-corrected chi connectivity index (χ0v) is 28.1. The normalized spacial score (nSPS) is 29.9. The van der Waals surface area contributed by atoms with E-state index >= 15 is 0 Å². The third kappa shape index (κ3) is 7.89. The first-order valence-electron chi connectivity index (χ1n) is 17.0. The lowest BCUT2D eigenvalue weighted by atomic mass is 9.79. The van der Waals surface area contributed by atoms with E-state index in [9.17, 15) is 9.59 Å². The van der Waals surface area contributed by atoms with Crippen LogP contribution >= 0.6 is 0 Å². The number of unbranched alkanes of at least 4 members (excludes halogenated alkanes) is 3. The van der Waals surface area contributed by atoms with Gasteiger partial charge in [0.1, 0.15) is 0 Å². The van der Waals surface area contributed by atoms with Crippen LogP contribution in [0.25, 0.3) is 0 Å². The molecule has 42 heavy (non-hydrogen) atoms. The Kier molecular flexibility index (Phi) is 10.1. The quantitative estimate of drug-likeness (QED) is 0.180. The molecule has 2 unspecified atom stereocenters. The van der Waals surface area contributed by atoms with Crippen molar-refractivity contribution in [2.75, 3.05) is 13.2 Å². The Hall–Kier alpha value is -1.22. The van der Waals surface area contributed by atoms with Crippen molar-refractivity contribution in [2.24, 2.45) is 11.8 Å². The fraction of sp³-hybridized carbons (Fsp3) is 0.941. The number of carbonyl (C=O) groups is 2. The van der Waals surface area contributed by atoms with Crippen LogP contribution in [0.3, 0.4) is 0 Å². The molecule has 2 aliphatic heterocycles. The second-order valence-corrected chi connectivity index (χ2v) is 16.4. The first-order chi connectivity index (χ1) is 19.5. The zero-order valence-electron chi connectivity index (χ0n) is 28.1. The van der Waals surface area contributed by atoms with Gasteiger partial charge >= 0.3 is 11.9 Å². The van der Waals surface area contributed by atoms with Crippen molar-refractivity contribution in [3.8, 4) is 0 Å². The van der Waals surface area contributed by atoms with Crippen molar-refractivity contribution in [1.82, 2.24) is 21.3 Å². The van der Waals surface area contributed by atoms with E-state index in [0.29, 0.717) is 37.9 Å². The molecule has 0 amide bonds. The summed E-state index contributed by atoms with van der Waals surface area (Å²) in [7, 11) is 0. The summed E-state index contributed by atoms with van der Waals surface area (Å²) in [6.07, 6.45) is 13.3. The lowest BCUT2D eigenvalue weighted by Crippen LogP contribution is -2.55. The van der Waals surface area contributed by atoms with Gasteiger partial charge in [0.25, 0.3) is 0 Å². The Bertz CT molecular complexity index is 851. The van der Waals surface area contributed by atoms with Crippen LogP contribution in [0.15, 0.2) is 0 Å². The van der Waals surface area contributed by atoms with Gasteiger partial charge in [-0.25, -0.2) is 0 Å². The molecule has 4 rings (SSSR count). The molecule has 242 valence electrons. The summed E-state index contributed by atoms with van der Waals surface area (Å²) < 4.78 is 11.2. The lowest BCUT2D eigenvalue weighted by Gasteiger charge is -2.39. The van der Waals surface area contributed by atoms with Gasteiger partial charge in [0.15, 0.2) is 0 Å². The summed E-state index contributed by atoms with van der Waals surface area (Å²) in [6.45, 7) is 19.0. The predicted molar refractivity (Wildman–Crippen MR) is 168 cm³/mol. The standard InChI is InChI=1S/C34H62N4O4/c1-29(2)30(3,4)36-33(35-29)17-13-15-25(23-33)21-27(39)41-19-11-9-10-12-20-42-28(40)22-26-16-14-18-34(24-26)37-31(5,6)32(7,8)38-34/h25-26,35-38H,9-24H2,1-8H3. The third-order valence-electron chi connectivity index (χ3n) is 11.5. The summed E-state index contributed by atoms with van der Waals surface area (Å²) in [5, 5.41) is 15.4. The molecule has 0 aromatic rings. The second-order valence-electron chi connectivity index (χ2n) is 16.4. The van der Waals surface area contributed by atoms with Gasteiger partial charge < -0.3 is 9.47 Å². The number of rotatable bonds is 11. The maximum absolute atomic E-state index is 12.6. The number of hydrogen-bond acceptors (Lipinski definition) is 8. The minimum atomic E-state index is -0.0724. The Balaban J connectivity index is 1.04. The molecule has 2 aliphatic carbocycles. The lowest BCUT2D eigenvalue weighted by molar-refractivity contribution is -0.146. The van der Waals surface area contributed by atoms with Crippen molar-refractivity contribution < 1.29 is 19.1 Å². The van der Waals surface area contributed by atoms with Crippen LogP contribution in [0.4, 0.5) is 0 Å². The fourth-order valence-corrected chi connectivity index (χ4v) is 8.18. The number of nitrogens with one attached hydrogen (secondary N) is 4. The smallest absolute Gasteiger partial charge is 0.306 e. The van der Waals surface area contributed by atoms with Gasteiger partial charge in [-0.1, -0.05) is 0 Å². The molecule has 4 fully saturated rings. The monoisotopic (exact) mass is 590 g/mol. The molecular weight excluding hydrogens is 528 g/mol. The van der Waals surface area contributed by atoms with Gasteiger partial charge in [-0.2, -0.15) is 0 Å². The first-order valence-corrected chi connectivity index (χ1v) is 17.0. The van der Waals surface area contributed by atoms with Crippen LogP contribution in [0.1, 0.15) is 145 Å². The maximum atomic E-state index is 12.6. The Morgan fingerprint density at radius 3 is 1.24 bits per heavy atom. The van der Waals surface area contributed by atoms with E-state index in [4.69, 9.17) is 9.47 Å². The number of hydrogen-bond donors (Lipinski definition) is 4. The van der Waals surface area contributed by atoms with Crippen molar-refractivity contribution in [1.29, 1.82) is 0 Å². The molecule has 2 spiro atoms. The van der Waals surface area contributed by atoms with Gasteiger partial charge in [0, 0.05) is 35.0 Å². The van der Waals surface area contributed by atoms with Gasteiger partial charge in [0.05, 0.1) is 24.5 Å². The van der Waals surface area contributed by atoms with Crippen LogP contribution < -0.4 is 21.3 Å². The van der Waals surface area contributed by atoms with Gasteiger partial charge in [-0.15, -0.1) is 0 Å². The van der Waals surface area contributed by atoms with Crippen LogP contribution in [-0.4, -0.2) is 58.6 Å². The van der Waals surface area contributed by atoms with Crippen molar-refractivity contribution >= 4 is 11.9 Å². The molecule has 8 nitrogen and oxygen atoms in total. The topological polar surface area (TPSA) is 101 Å². The highest BCUT2D eigenvalue weighted by atomic mass is 16.5. The molecule has 8 heteroatoms. The SMILES string of the molecule is CC1(C)NC2(CCCC(CC(=O)OCCCCCCOC(=O)CC3CCCC4(C3)NC(C)(C)C(C)(C)N4)C2)NC1(C)C. The van der Waals surface area contributed by atoms with Crippen molar-refractivity contribution in [2.45, 2.75) is 179 Å². The number of carbonyl (C=O) groups excluding carboxylic acids is 2. The predicted octanol–water partition coefficient (Wildman–Crippen LogP) is 5.69. The minimum Gasteiger partial charge on any atom is -0.466 e. The third-order valence-corrected chi connectivity index (χ3v) is 11.5. The molecule has 0 bridgehead atoms. The number of ether oxygens (including phenoxy) is 2. The van der Waals surface area contributed by atoms with E-state index in [1.54, 1.807) is 0 Å². The fourth-order valence-electron chi connectivity index (χ4n) is 8.18. The minimum absolute atomic E-state index is 0.00626. The van der Waals surface area contributed by atoms with Gasteiger partial charge in [-0.3, -0.25) is 30.9 Å². The van der Waals surface area contributed by atoms with Gasteiger partial charge in [0.2, 0.25) is 0 Å². The van der Waals surface area contributed by atoms with E-state index in [1.165, 1.54) is 0 Å². The van der Waals surface area contributed by atoms with E-state index < -0.39 is 0 Å². The Morgan fingerprint density at radius 1 is 0.571 bits per heavy atom. The van der Waals surface area contributed by atoms with Crippen molar-refractivity contribution in [3.63, 3.8) is 0 Å². The van der Waals surface area contributed by atoms with E-state index in [2.05, 4.69) is 76.7 Å². The van der Waals surface area contributed by atoms with Crippen LogP contribution in [-0.2, 0) is 19.1 Å². The first kappa shape index (κ1) is 33.7. The van der Waals surface area contributed by atoms with E-state index in [-0.39, 0.29) is 45.4 Å². The highest BCUT2D eigenvalue weighted by Crippen LogP contribution is 2.43. The molecule has 4 aliphatic rings. The molecular formula is C34H62N4O4. The van der Waals surface area contributed by atoms with E-state index in [0.717, 1.165) is 77.0 Å².